The van der Waals surface area contributed by atoms with Crippen LogP contribution in [-0.4, -0.2) is 70.5 Å². The average molecular weight is 473 g/mol. The highest BCUT2D eigenvalue weighted by Gasteiger charge is 2.44. The number of fused-ring (bicyclic) bond motifs is 2. The lowest BCUT2D eigenvalue weighted by molar-refractivity contribution is 0.0645. The van der Waals surface area contributed by atoms with Gasteiger partial charge in [0.2, 0.25) is 0 Å². The fourth-order valence-electron chi connectivity index (χ4n) is 4.98. The maximum atomic E-state index is 13.4. The lowest BCUT2D eigenvalue weighted by atomic mass is 10.0. The predicted octanol–water partition coefficient (Wildman–Crippen LogP) is 1.87. The SMILES string of the molecule is COCCn1c(C(=O)N2CC(S(=O)(=O)C3CCCCC3)C2)cc2c(=O)n3ccccc3nc21. The van der Waals surface area contributed by atoms with Gasteiger partial charge >= 0.3 is 0 Å². The number of rotatable bonds is 6. The van der Waals surface area contributed by atoms with Gasteiger partial charge in [0, 0.05) is 32.9 Å². The Labute approximate surface area is 191 Å². The van der Waals surface area contributed by atoms with E-state index in [-0.39, 0.29) is 29.8 Å². The molecule has 10 heteroatoms. The third kappa shape index (κ3) is 3.74. The van der Waals surface area contributed by atoms with E-state index in [1.807, 2.05) is 0 Å². The molecule has 4 heterocycles. The number of carbonyl (C=O) groups is 1. The maximum absolute atomic E-state index is 13.4. The molecule has 0 aromatic carbocycles. The van der Waals surface area contributed by atoms with E-state index in [9.17, 15) is 18.0 Å². The van der Waals surface area contributed by atoms with Gasteiger partial charge in [-0.05, 0) is 31.0 Å². The fraction of sp³-hybridized carbons (Fsp3) is 0.522. The van der Waals surface area contributed by atoms with Crippen molar-refractivity contribution in [3.63, 3.8) is 0 Å². The van der Waals surface area contributed by atoms with Gasteiger partial charge in [-0.1, -0.05) is 25.3 Å². The van der Waals surface area contributed by atoms with E-state index in [1.54, 1.807) is 47.0 Å². The van der Waals surface area contributed by atoms with Gasteiger partial charge in [-0.25, -0.2) is 13.4 Å². The first kappa shape index (κ1) is 22.1. The molecule has 0 N–H and O–H groups in total. The number of hydrogen-bond acceptors (Lipinski definition) is 6. The first-order valence-electron chi connectivity index (χ1n) is 11.4. The number of ether oxygens (including phenoxy) is 1. The molecule has 2 fully saturated rings. The number of likely N-dealkylation sites (tertiary alicyclic amines) is 1. The zero-order chi connectivity index (χ0) is 23.2. The molecule has 0 bridgehead atoms. The van der Waals surface area contributed by atoms with Gasteiger partial charge in [-0.3, -0.25) is 14.0 Å². The van der Waals surface area contributed by atoms with E-state index in [0.717, 1.165) is 32.1 Å². The highest BCUT2D eigenvalue weighted by atomic mass is 32.2. The van der Waals surface area contributed by atoms with Crippen molar-refractivity contribution in [3.8, 4) is 0 Å². The number of sulfone groups is 1. The Morgan fingerprint density at radius 2 is 1.91 bits per heavy atom. The molecular weight excluding hydrogens is 444 g/mol. The van der Waals surface area contributed by atoms with Crippen LogP contribution in [0.1, 0.15) is 42.6 Å². The first-order chi connectivity index (χ1) is 15.9. The number of hydrogen-bond donors (Lipinski definition) is 0. The second kappa shape index (κ2) is 8.57. The molecule has 3 aromatic rings. The van der Waals surface area contributed by atoms with Crippen molar-refractivity contribution in [2.75, 3.05) is 26.8 Å². The summed E-state index contributed by atoms with van der Waals surface area (Å²) in [6.07, 6.45) is 6.10. The topological polar surface area (TPSA) is 103 Å². The molecule has 176 valence electrons. The summed E-state index contributed by atoms with van der Waals surface area (Å²) in [4.78, 5) is 32.6. The van der Waals surface area contributed by atoms with Gasteiger partial charge in [0.25, 0.3) is 11.5 Å². The smallest absolute Gasteiger partial charge is 0.270 e. The number of methoxy groups -OCH3 is 1. The summed E-state index contributed by atoms with van der Waals surface area (Å²) in [5.41, 5.74) is 1.00. The van der Waals surface area contributed by atoms with Crippen LogP contribution in [0.3, 0.4) is 0 Å². The van der Waals surface area contributed by atoms with Crippen molar-refractivity contribution >= 4 is 32.4 Å². The van der Waals surface area contributed by atoms with Crippen molar-refractivity contribution in [1.29, 1.82) is 0 Å². The molecule has 3 aromatic heterocycles. The van der Waals surface area contributed by atoms with E-state index in [4.69, 9.17) is 4.74 Å². The predicted molar refractivity (Wildman–Crippen MR) is 124 cm³/mol. The summed E-state index contributed by atoms with van der Waals surface area (Å²) in [7, 11) is -1.67. The van der Waals surface area contributed by atoms with Crippen molar-refractivity contribution in [2.24, 2.45) is 0 Å². The summed E-state index contributed by atoms with van der Waals surface area (Å²) in [6.45, 7) is 1.09. The average Bonchev–Trinajstić information content (AvgIpc) is 3.16. The highest BCUT2D eigenvalue weighted by molar-refractivity contribution is 7.92. The molecule has 1 saturated heterocycles. The van der Waals surface area contributed by atoms with Crippen LogP contribution >= 0.6 is 0 Å². The quantitative estimate of drug-likeness (QED) is 0.543. The number of nitrogens with zero attached hydrogens (tertiary/aromatic N) is 4. The van der Waals surface area contributed by atoms with E-state index >= 15 is 0 Å². The molecular formula is C23H28N4O5S. The molecule has 1 aliphatic heterocycles. The van der Waals surface area contributed by atoms with Gasteiger partial charge < -0.3 is 14.2 Å². The summed E-state index contributed by atoms with van der Waals surface area (Å²) >= 11 is 0. The molecule has 0 spiro atoms. The summed E-state index contributed by atoms with van der Waals surface area (Å²) in [5, 5.41) is -0.434. The van der Waals surface area contributed by atoms with Crippen LogP contribution < -0.4 is 5.56 Å². The third-order valence-electron chi connectivity index (χ3n) is 6.93. The van der Waals surface area contributed by atoms with Crippen molar-refractivity contribution < 1.29 is 17.9 Å². The first-order valence-corrected chi connectivity index (χ1v) is 13.0. The zero-order valence-corrected chi connectivity index (χ0v) is 19.5. The Morgan fingerprint density at radius 1 is 1.15 bits per heavy atom. The van der Waals surface area contributed by atoms with Gasteiger partial charge in [-0.2, -0.15) is 0 Å². The zero-order valence-electron chi connectivity index (χ0n) is 18.6. The van der Waals surface area contributed by atoms with Crippen LogP contribution in [0, 0.1) is 0 Å². The van der Waals surface area contributed by atoms with Crippen molar-refractivity contribution in [3.05, 3.63) is 46.5 Å². The highest BCUT2D eigenvalue weighted by Crippen LogP contribution is 2.31. The van der Waals surface area contributed by atoms with Gasteiger partial charge in [0.05, 0.1) is 22.5 Å². The summed E-state index contributed by atoms with van der Waals surface area (Å²) in [5.74, 6) is -0.285. The summed E-state index contributed by atoms with van der Waals surface area (Å²) < 4.78 is 34.3. The maximum Gasteiger partial charge on any atom is 0.270 e. The van der Waals surface area contributed by atoms with E-state index < -0.39 is 15.1 Å². The Hall–Kier alpha value is -2.72. The largest absolute Gasteiger partial charge is 0.383 e. The van der Waals surface area contributed by atoms with Gasteiger partial charge in [-0.15, -0.1) is 0 Å². The standard InChI is InChI=1S/C23H28N4O5S/c1-32-12-11-26-19(13-18-21(26)24-20-9-5-6-10-27(20)22(18)28)23(29)25-14-17(15-25)33(30,31)16-7-3-2-4-8-16/h5-6,9-10,13,16-17H,2-4,7-8,11-12,14-15H2,1H3. The molecule has 5 rings (SSSR count). The Morgan fingerprint density at radius 3 is 2.64 bits per heavy atom. The second-order valence-electron chi connectivity index (χ2n) is 8.94. The second-order valence-corrected chi connectivity index (χ2v) is 11.4. The van der Waals surface area contributed by atoms with Crippen LogP contribution in [0.15, 0.2) is 35.3 Å². The molecule has 2 aliphatic rings. The number of pyridine rings is 1. The number of amides is 1. The molecule has 1 amide bonds. The van der Waals surface area contributed by atoms with Crippen LogP contribution in [0.2, 0.25) is 0 Å². The molecule has 0 radical (unpaired) electrons. The molecule has 1 saturated carbocycles. The Balaban J connectivity index is 1.45. The molecule has 33 heavy (non-hydrogen) atoms. The van der Waals surface area contributed by atoms with E-state index in [0.29, 0.717) is 35.5 Å². The normalized spacial score (nSPS) is 18.2. The van der Waals surface area contributed by atoms with Gasteiger partial charge in [0.15, 0.2) is 9.84 Å². The summed E-state index contributed by atoms with van der Waals surface area (Å²) in [6, 6.07) is 6.87. The minimum absolute atomic E-state index is 0.192. The van der Waals surface area contributed by atoms with Crippen LogP contribution in [0.25, 0.3) is 16.7 Å². The number of carbonyl (C=O) groups excluding carboxylic acids is 1. The van der Waals surface area contributed by atoms with Crippen molar-refractivity contribution in [1.82, 2.24) is 18.9 Å². The monoisotopic (exact) mass is 472 g/mol. The minimum Gasteiger partial charge on any atom is -0.383 e. The lowest BCUT2D eigenvalue weighted by Crippen LogP contribution is -2.59. The van der Waals surface area contributed by atoms with Gasteiger partial charge in [0.1, 0.15) is 17.0 Å². The Kier molecular flexibility index (Phi) is 5.74. The molecule has 0 atom stereocenters. The number of aromatic nitrogens is 3. The Bertz CT molecular complexity index is 1360. The molecule has 1 aliphatic carbocycles. The fourth-order valence-corrected chi connectivity index (χ4v) is 7.29. The lowest BCUT2D eigenvalue weighted by Gasteiger charge is -2.40. The third-order valence-corrected chi connectivity index (χ3v) is 9.56. The minimum atomic E-state index is -3.24. The van der Waals surface area contributed by atoms with Crippen LogP contribution in [-0.2, 0) is 21.1 Å². The van der Waals surface area contributed by atoms with Crippen LogP contribution in [0.4, 0.5) is 0 Å². The van der Waals surface area contributed by atoms with E-state index in [2.05, 4.69) is 4.98 Å². The molecule has 0 unspecified atom stereocenters. The van der Waals surface area contributed by atoms with Crippen LogP contribution in [0.5, 0.6) is 0 Å². The molecule has 9 nitrogen and oxygen atoms in total. The van der Waals surface area contributed by atoms with E-state index in [1.165, 1.54) is 4.40 Å². The van der Waals surface area contributed by atoms with Crippen molar-refractivity contribution in [2.45, 2.75) is 49.1 Å².